The summed E-state index contributed by atoms with van der Waals surface area (Å²) in [7, 11) is 0. The van der Waals surface area contributed by atoms with Gasteiger partial charge in [0, 0.05) is 73.7 Å². The second-order valence-electron chi connectivity index (χ2n) is 17.7. The van der Waals surface area contributed by atoms with Crippen molar-refractivity contribution in [1.82, 2.24) is 35.4 Å². The summed E-state index contributed by atoms with van der Waals surface area (Å²) in [6.07, 6.45) is 14.1. The Kier molecular flexibility index (Phi) is 45.5. The molecule has 7 atom stereocenters. The Hall–Kier alpha value is -6.41. The van der Waals surface area contributed by atoms with Gasteiger partial charge in [0.2, 0.25) is 11.9 Å². The first-order valence-electron chi connectivity index (χ1n) is 26.0. The molecule has 5 aliphatic rings. The average molecular weight is 1260 g/mol. The Labute approximate surface area is 509 Å². The maximum Gasteiger partial charge on any atom is 0.269 e. The third-order valence-electron chi connectivity index (χ3n) is 10.5. The number of carbonyl (C=O) groups is 1. The summed E-state index contributed by atoms with van der Waals surface area (Å²) in [5.74, 6) is 10.1. The van der Waals surface area contributed by atoms with Gasteiger partial charge in [-0.1, -0.05) is 66.0 Å². The minimum atomic E-state index is -0.591. The standard InChI is InChI=1S/C9H18N8O.C7H11ClN2.C6H12N2S.C6H8N2.C5H10N2.C4H8N4.C3H9N3S.C3H6N2S.C2H6N2S.CH6N4/c1-6(10)12-5-3-2-4-7(11)8(18)13-9-14-16-17-15-9;1-3-2-4(9)10-7-5(3)6(7)8;1-3-5-4(2)8-6(7)9-5;1-5-2-3-8-6(7)4-5;6-5-3-1-2-4-7-5;5-4(6)8-3-1-2-7-8;4-1-2-7-3(5)6;4-3-5-1-2-6-3;1-5-2(3)4;2-1(3)5-4/h7H,2-5,11H2,1H3,(H2,10,12)(H2,13,14,15,16,17,18);3,5-7H,2H2,1H3,(H2,9,10);4-5H,3H2,1-2H3,(H2,7,8);2-4H,1H3,(H2,7,8);1-4H2,(H2,6,7);1-4H,5-6H2;1-2,4H2,(H3,5,6);1-2H2,(H2,4,5);1H3,(H3,3,4);4H2,(H4,2,3,5)/t7-;3-,5-,6+,7-;4-,5-;;;;;;;/m101......./s1. The molecule has 3 aromatic rings. The van der Waals surface area contributed by atoms with Crippen molar-refractivity contribution < 1.29 is 4.79 Å². The number of anilines is 2. The largest absolute Gasteiger partial charge is 0.388 e. The highest BCUT2D eigenvalue weighted by Crippen LogP contribution is 2.48. The van der Waals surface area contributed by atoms with Gasteiger partial charge in [0.25, 0.3) is 5.95 Å². The van der Waals surface area contributed by atoms with E-state index in [1.165, 1.54) is 41.0 Å². The predicted molar refractivity (Wildman–Crippen MR) is 353 cm³/mol. The molecule has 0 bridgehead atoms. The van der Waals surface area contributed by atoms with Crippen molar-refractivity contribution >= 4 is 120 Å². The van der Waals surface area contributed by atoms with Crippen molar-refractivity contribution in [3.63, 3.8) is 0 Å². The highest BCUT2D eigenvalue weighted by atomic mass is 35.5. The lowest BCUT2D eigenvalue weighted by Crippen LogP contribution is -2.35. The van der Waals surface area contributed by atoms with Crippen molar-refractivity contribution in [2.24, 2.45) is 122 Å². The first-order chi connectivity index (χ1) is 39.2. The Morgan fingerprint density at radius 3 is 1.99 bits per heavy atom. The topological polar surface area (TPSA) is 626 Å². The van der Waals surface area contributed by atoms with Crippen molar-refractivity contribution in [3.05, 3.63) is 42.4 Å². The molecule has 0 spiro atoms. The lowest BCUT2D eigenvalue weighted by Gasteiger charge is -2.13. The first kappa shape index (κ1) is 78.7. The second kappa shape index (κ2) is 48.0. The highest BCUT2D eigenvalue weighted by Gasteiger charge is 2.54. The minimum Gasteiger partial charge on any atom is -0.388 e. The molecule has 1 aliphatic carbocycles. The summed E-state index contributed by atoms with van der Waals surface area (Å²) >= 11 is 11.8. The summed E-state index contributed by atoms with van der Waals surface area (Å²) in [5, 5.41) is 37.7. The molecule has 83 heavy (non-hydrogen) atoms. The number of hydrogen-bond donors (Lipinski definition) is 19. The van der Waals surface area contributed by atoms with E-state index in [2.05, 4.69) is 92.7 Å². The van der Waals surface area contributed by atoms with Gasteiger partial charge in [0.15, 0.2) is 20.7 Å². The number of nitrogens with one attached hydrogen (secondary N) is 4. The monoisotopic (exact) mass is 1260 g/mol. The third-order valence-corrected chi connectivity index (χ3v) is 14.4. The number of guanidine groups is 1. The zero-order valence-corrected chi connectivity index (χ0v) is 52.5. The number of pyridine rings is 1. The van der Waals surface area contributed by atoms with Gasteiger partial charge in [0.05, 0.1) is 47.6 Å². The molecule has 7 heterocycles. The molecule has 4 aliphatic heterocycles. The van der Waals surface area contributed by atoms with Crippen LogP contribution in [0.5, 0.6) is 0 Å². The number of nitrogen functional groups attached to an aromatic ring is 1. The molecule has 0 unspecified atom stereocenters. The van der Waals surface area contributed by atoms with Crippen molar-refractivity contribution in [2.75, 3.05) is 55.0 Å². The van der Waals surface area contributed by atoms with Gasteiger partial charge in [-0.3, -0.25) is 57.4 Å². The number of thioether (sulfide) groups is 4. The molecule has 1 amide bonds. The lowest BCUT2D eigenvalue weighted by atomic mass is 9.99. The van der Waals surface area contributed by atoms with Crippen LogP contribution in [0.2, 0.25) is 0 Å². The normalized spacial score (nSPS) is 19.6. The van der Waals surface area contributed by atoms with Crippen LogP contribution in [0.4, 0.5) is 11.8 Å². The number of amides is 1. The van der Waals surface area contributed by atoms with Crippen LogP contribution in [-0.2, 0) is 4.79 Å². The van der Waals surface area contributed by atoms with E-state index in [1.807, 2.05) is 19.1 Å². The highest BCUT2D eigenvalue weighted by molar-refractivity contribution is 8.14. The predicted octanol–water partition coefficient (Wildman–Crippen LogP) is -0.0305. The number of halogens is 1. The summed E-state index contributed by atoms with van der Waals surface area (Å²) in [6, 6.07) is 5.71. The van der Waals surface area contributed by atoms with E-state index in [0.29, 0.717) is 60.3 Å². The van der Waals surface area contributed by atoms with Crippen LogP contribution in [0, 0.1) is 29.6 Å². The second-order valence-corrected chi connectivity index (χ2v) is 22.6. The van der Waals surface area contributed by atoms with Gasteiger partial charge in [-0.05, 0) is 100 Å². The fraction of sp³-hybridized carbons (Fsp3) is 0.609. The van der Waals surface area contributed by atoms with E-state index < -0.39 is 12.3 Å². The number of rotatable bonds is 11. The Morgan fingerprint density at radius 2 is 1.65 bits per heavy atom. The average Bonchev–Trinajstić information content (AvgIpc) is 4.15. The lowest BCUT2D eigenvalue weighted by molar-refractivity contribution is -0.117. The number of aromatic amines is 1. The maximum absolute atomic E-state index is 11.6. The van der Waals surface area contributed by atoms with Gasteiger partial charge in [0.1, 0.15) is 12.1 Å². The molecule has 0 saturated heterocycles. The molecule has 34 N–H and O–H groups in total. The zero-order valence-electron chi connectivity index (χ0n) is 48.4. The van der Waals surface area contributed by atoms with Gasteiger partial charge < -0.3 is 74.6 Å². The Bertz CT molecular complexity index is 2370. The SMILES string of the molecule is CC(N)=NCCCC[C@@H](N)C(=O)Nc1nn[nH]n1.CC[C@H]1SC(N)=N[C@@H]1C.CSC(=N)N.C[C@H]1CC(N)=N[C@@H]2[C@H](Cl)[C@@H]21.Cc1ccnc(N)c1.N=C(N)SCCN.NC(N)n1cccn1.NC1=NCCCC1.NC1=NCCS1.NN=C(N)N. The number of carbonyl (C=O) groups excluding carboxylic acids is 1. The zero-order chi connectivity index (χ0) is 63.3. The van der Waals surface area contributed by atoms with E-state index in [0.717, 1.165) is 84.3 Å². The number of tetrazole rings is 1. The van der Waals surface area contributed by atoms with Crippen molar-refractivity contribution in [3.8, 4) is 0 Å². The van der Waals surface area contributed by atoms with Gasteiger partial charge >= 0.3 is 0 Å². The first-order valence-corrected chi connectivity index (χ1v) is 30.5. The third kappa shape index (κ3) is 43.9. The van der Waals surface area contributed by atoms with E-state index in [9.17, 15) is 4.79 Å². The number of H-pyrrole nitrogens is 1. The van der Waals surface area contributed by atoms with E-state index in [4.69, 9.17) is 103 Å². The fourth-order valence-electron chi connectivity index (χ4n) is 6.33. The van der Waals surface area contributed by atoms with Crippen LogP contribution in [0.15, 0.2) is 66.9 Å². The Morgan fingerprint density at radius 1 is 0.976 bits per heavy atom. The smallest absolute Gasteiger partial charge is 0.269 e. The molecule has 37 heteroatoms. The number of fused-ring (bicyclic) bond motifs is 1. The Balaban J connectivity index is 0. The maximum atomic E-state index is 11.6. The van der Waals surface area contributed by atoms with Gasteiger partial charge in [-0.2, -0.15) is 10.3 Å². The number of aromatic nitrogens is 7. The molecular formula is C46H94ClN31OS4. The molecule has 32 nitrogen and oxygen atoms in total. The van der Waals surface area contributed by atoms with E-state index in [1.54, 1.807) is 61.4 Å². The number of nitrogens with two attached hydrogens (primary N) is 15. The molecule has 8 rings (SSSR count). The number of aryl methyl sites for hydroxylation is 1. The molecule has 470 valence electrons. The quantitative estimate of drug-likeness (QED) is 0.0228. The van der Waals surface area contributed by atoms with Crippen molar-refractivity contribution in [2.45, 2.75) is 121 Å². The fourth-order valence-corrected chi connectivity index (χ4v) is 8.74. The number of amidine groups is 7. The molecular weight excluding hydrogens is 1170 g/mol. The summed E-state index contributed by atoms with van der Waals surface area (Å²) in [6.45, 7) is 13.3. The molecule has 1 saturated carbocycles. The van der Waals surface area contributed by atoms with Gasteiger partial charge in [-0.15, -0.1) is 21.8 Å². The van der Waals surface area contributed by atoms with Crippen LogP contribution in [0.1, 0.15) is 90.9 Å². The minimum absolute atomic E-state index is 0.0926. The van der Waals surface area contributed by atoms with Crippen LogP contribution in [0.25, 0.3) is 0 Å². The molecule has 0 radical (unpaired) electrons. The van der Waals surface area contributed by atoms with Gasteiger partial charge in [-0.25, -0.2) is 9.67 Å². The molecule has 0 aromatic carbocycles. The number of aliphatic imine (C=N–C) groups is 5. The number of nitrogens with zero attached hydrogens (tertiary/aromatic N) is 12. The number of hydrazone groups is 1. The number of alkyl halides is 1. The summed E-state index contributed by atoms with van der Waals surface area (Å²) in [4.78, 5) is 35.8. The number of unbranched alkanes of at least 4 members (excludes halogenated alkanes) is 1. The van der Waals surface area contributed by atoms with Crippen LogP contribution in [0.3, 0.4) is 0 Å². The summed E-state index contributed by atoms with van der Waals surface area (Å²) < 4.78 is 1.47. The van der Waals surface area contributed by atoms with Crippen LogP contribution >= 0.6 is 58.6 Å². The van der Waals surface area contributed by atoms with E-state index in [-0.39, 0.29) is 33.5 Å². The summed E-state index contributed by atoms with van der Waals surface area (Å²) in [5.41, 5.74) is 74.1. The molecule has 3 aromatic heterocycles. The van der Waals surface area contributed by atoms with E-state index >= 15 is 0 Å². The number of hydrogen-bond acceptors (Lipinski definition) is 28. The van der Waals surface area contributed by atoms with Crippen LogP contribution < -0.4 is 91.4 Å². The van der Waals surface area contributed by atoms with Crippen LogP contribution in [-0.4, -0.2) is 158 Å². The molecule has 1 fully saturated rings. The van der Waals surface area contributed by atoms with Crippen molar-refractivity contribution in [1.29, 1.82) is 10.8 Å².